The number of primary sulfonamides is 1. The number of rotatable bonds is 2. The van der Waals surface area contributed by atoms with Crippen LogP contribution in [0.3, 0.4) is 0 Å². The third-order valence-electron chi connectivity index (χ3n) is 3.94. The van der Waals surface area contributed by atoms with Crippen LogP contribution < -0.4 is 15.2 Å². The van der Waals surface area contributed by atoms with Gasteiger partial charge in [0.25, 0.3) is 0 Å². The zero-order valence-electron chi connectivity index (χ0n) is 13.4. The van der Waals surface area contributed by atoms with E-state index in [1.165, 1.54) is 6.07 Å². The van der Waals surface area contributed by atoms with Gasteiger partial charge in [-0.2, -0.15) is 4.72 Å². The van der Waals surface area contributed by atoms with Gasteiger partial charge in [0.15, 0.2) is 0 Å². The summed E-state index contributed by atoms with van der Waals surface area (Å²) in [7, 11) is -8.10. The second-order valence-electron chi connectivity index (χ2n) is 5.88. The number of hydrogen-bond acceptors (Lipinski definition) is 5. The van der Waals surface area contributed by atoms with Crippen molar-refractivity contribution in [3.63, 3.8) is 0 Å². The van der Waals surface area contributed by atoms with Gasteiger partial charge in [-0.25, -0.2) is 22.0 Å². The number of nitrogens with two attached hydrogens (primary N) is 1. The van der Waals surface area contributed by atoms with Crippen LogP contribution in [0.5, 0.6) is 0 Å². The van der Waals surface area contributed by atoms with Crippen molar-refractivity contribution in [3.05, 3.63) is 52.0 Å². The maximum absolute atomic E-state index is 12.6. The first kappa shape index (κ1) is 18.2. The largest absolute Gasteiger partial charge is 0.364 e. The highest BCUT2D eigenvalue weighted by Gasteiger charge is 2.33. The molecule has 0 spiro atoms. The number of hydrogen-bond donors (Lipinski definition) is 3. The molecule has 10 heteroatoms. The first-order chi connectivity index (χ1) is 11.5. The molecule has 4 N–H and O–H groups in total. The molecule has 0 radical (unpaired) electrons. The molecular weight excluding hydrogens is 386 g/mol. The molecule has 7 nitrogen and oxygen atoms in total. The fourth-order valence-corrected chi connectivity index (χ4v) is 5.26. The summed E-state index contributed by atoms with van der Waals surface area (Å²) in [5.41, 5.74) is 2.93. The number of fused-ring (bicyclic) bond motifs is 1. The van der Waals surface area contributed by atoms with Crippen LogP contribution in [0.2, 0.25) is 5.02 Å². The summed E-state index contributed by atoms with van der Waals surface area (Å²) >= 11 is 5.97. The van der Waals surface area contributed by atoms with Gasteiger partial charge in [-0.05, 0) is 37.1 Å². The minimum Gasteiger partial charge on any atom is -0.364 e. The predicted molar refractivity (Wildman–Crippen MR) is 95.4 cm³/mol. The van der Waals surface area contributed by atoms with E-state index in [2.05, 4.69) is 10.0 Å². The lowest BCUT2D eigenvalue weighted by Crippen LogP contribution is -2.38. The third-order valence-corrected chi connectivity index (χ3v) is 6.78. The van der Waals surface area contributed by atoms with E-state index in [1.54, 1.807) is 0 Å². The molecule has 0 fully saturated rings. The number of aryl methyl sites for hydroxylation is 2. The van der Waals surface area contributed by atoms with Crippen LogP contribution in [0.1, 0.15) is 22.9 Å². The average Bonchev–Trinajstić information content (AvgIpc) is 2.44. The molecule has 0 saturated heterocycles. The second-order valence-corrected chi connectivity index (χ2v) is 9.50. The maximum atomic E-state index is 12.6. The molecule has 1 heterocycles. The van der Waals surface area contributed by atoms with Crippen LogP contribution in [0, 0.1) is 13.8 Å². The van der Waals surface area contributed by atoms with Crippen LogP contribution in [-0.4, -0.2) is 16.8 Å². The van der Waals surface area contributed by atoms with E-state index in [9.17, 15) is 16.8 Å². The van der Waals surface area contributed by atoms with E-state index in [1.807, 2.05) is 32.0 Å². The highest BCUT2D eigenvalue weighted by molar-refractivity contribution is 7.90. The van der Waals surface area contributed by atoms with Crippen LogP contribution >= 0.6 is 11.6 Å². The van der Waals surface area contributed by atoms with E-state index in [4.69, 9.17) is 16.7 Å². The Morgan fingerprint density at radius 1 is 1.16 bits per heavy atom. The monoisotopic (exact) mass is 401 g/mol. The Morgan fingerprint density at radius 3 is 2.44 bits per heavy atom. The molecule has 0 amide bonds. The van der Waals surface area contributed by atoms with Crippen molar-refractivity contribution in [2.24, 2.45) is 5.14 Å². The molecule has 1 unspecified atom stereocenters. The molecular formula is C15H16ClN3O4S2. The smallest absolute Gasteiger partial charge is 0.244 e. The van der Waals surface area contributed by atoms with E-state index in [0.29, 0.717) is 0 Å². The molecule has 0 aliphatic carbocycles. The fraction of sp³-hybridized carbons (Fsp3) is 0.200. The minimum atomic E-state index is -4.15. The Labute approximate surface area is 151 Å². The summed E-state index contributed by atoms with van der Waals surface area (Å²) < 4.78 is 50.8. The van der Waals surface area contributed by atoms with Crippen molar-refractivity contribution in [2.45, 2.75) is 29.8 Å². The molecule has 0 aromatic heterocycles. The Balaban J connectivity index is 2.14. The topological polar surface area (TPSA) is 118 Å². The Bertz CT molecular complexity index is 1080. The van der Waals surface area contributed by atoms with Crippen molar-refractivity contribution in [1.29, 1.82) is 0 Å². The zero-order chi connectivity index (χ0) is 18.6. The first-order valence-electron chi connectivity index (χ1n) is 7.21. The number of sulfonamides is 2. The summed E-state index contributed by atoms with van der Waals surface area (Å²) in [6, 6.07) is 7.87. The maximum Gasteiger partial charge on any atom is 0.244 e. The summed E-state index contributed by atoms with van der Waals surface area (Å²) in [5, 5.41) is 7.97. The number of halogens is 1. The molecule has 0 saturated carbocycles. The molecule has 1 atom stereocenters. The molecule has 1 aliphatic rings. The van der Waals surface area contributed by atoms with E-state index >= 15 is 0 Å². The van der Waals surface area contributed by atoms with Crippen molar-refractivity contribution in [1.82, 2.24) is 4.72 Å². The summed E-state index contributed by atoms with van der Waals surface area (Å²) in [5.74, 6) is 0. The number of nitrogens with one attached hydrogen (secondary N) is 2. The van der Waals surface area contributed by atoms with Crippen molar-refractivity contribution in [3.8, 4) is 0 Å². The van der Waals surface area contributed by atoms with Gasteiger partial charge in [-0.3, -0.25) is 0 Å². The molecule has 2 aromatic carbocycles. The molecule has 134 valence electrons. The minimum absolute atomic E-state index is 0.148. The average molecular weight is 402 g/mol. The number of benzene rings is 2. The molecule has 0 bridgehead atoms. The SMILES string of the molecule is Cc1ccc(C2Nc3cc(Cl)c(S(N)(=O)=O)cc3S(=O)(=O)N2)c(C)c1. The molecule has 2 aromatic rings. The van der Waals surface area contributed by atoms with Gasteiger partial charge >= 0.3 is 0 Å². The van der Waals surface area contributed by atoms with Gasteiger partial charge in [0.05, 0.1) is 10.7 Å². The lowest BCUT2D eigenvalue weighted by Gasteiger charge is -2.29. The van der Waals surface area contributed by atoms with Gasteiger partial charge in [0.1, 0.15) is 16.0 Å². The van der Waals surface area contributed by atoms with Crippen LogP contribution in [0.4, 0.5) is 5.69 Å². The quantitative estimate of drug-likeness (QED) is 0.711. The van der Waals surface area contributed by atoms with Crippen LogP contribution in [0.25, 0.3) is 0 Å². The summed E-state index contributed by atoms with van der Waals surface area (Å²) in [6.45, 7) is 3.82. The molecule has 1 aliphatic heterocycles. The standard InChI is InChI=1S/C15H16ClN3O4S2/c1-8-3-4-10(9(2)5-8)15-18-12-6-11(16)13(24(17,20)21)7-14(12)25(22,23)19-15/h3-7,15,18-19H,1-2H3,(H2,17,20,21). The zero-order valence-corrected chi connectivity index (χ0v) is 15.8. The van der Waals surface area contributed by atoms with Crippen LogP contribution in [-0.2, 0) is 20.0 Å². The fourth-order valence-electron chi connectivity index (χ4n) is 2.78. The normalized spacial score (nSPS) is 19.1. The summed E-state index contributed by atoms with van der Waals surface area (Å²) in [4.78, 5) is -0.660. The summed E-state index contributed by atoms with van der Waals surface area (Å²) in [6.07, 6.45) is -0.700. The van der Waals surface area contributed by atoms with Crippen molar-refractivity contribution >= 4 is 37.3 Å². The van der Waals surface area contributed by atoms with Crippen LogP contribution in [0.15, 0.2) is 40.1 Å². The third kappa shape index (κ3) is 3.38. The van der Waals surface area contributed by atoms with Crippen molar-refractivity contribution in [2.75, 3.05) is 5.32 Å². The second kappa shape index (κ2) is 5.96. The van der Waals surface area contributed by atoms with Gasteiger partial charge in [-0.1, -0.05) is 35.4 Å². The first-order valence-corrected chi connectivity index (χ1v) is 10.6. The Morgan fingerprint density at radius 2 is 1.84 bits per heavy atom. The van der Waals surface area contributed by atoms with E-state index in [0.717, 1.165) is 22.8 Å². The lowest BCUT2D eigenvalue weighted by molar-refractivity contribution is 0.561. The Kier molecular flexibility index (Phi) is 4.33. The van der Waals surface area contributed by atoms with Gasteiger partial charge in [0.2, 0.25) is 20.0 Å². The molecule has 3 rings (SSSR count). The van der Waals surface area contributed by atoms with Gasteiger partial charge in [-0.15, -0.1) is 0 Å². The van der Waals surface area contributed by atoms with Gasteiger partial charge < -0.3 is 5.32 Å². The highest BCUT2D eigenvalue weighted by atomic mass is 35.5. The van der Waals surface area contributed by atoms with E-state index in [-0.39, 0.29) is 15.6 Å². The predicted octanol–water partition coefficient (Wildman–Crippen LogP) is 2.01. The van der Waals surface area contributed by atoms with E-state index < -0.39 is 31.1 Å². The lowest BCUT2D eigenvalue weighted by atomic mass is 10.0. The number of anilines is 1. The van der Waals surface area contributed by atoms with Crippen molar-refractivity contribution < 1.29 is 16.8 Å². The molecule has 25 heavy (non-hydrogen) atoms. The highest BCUT2D eigenvalue weighted by Crippen LogP contribution is 2.36. The Hall–Kier alpha value is -1.65. The van der Waals surface area contributed by atoms with Gasteiger partial charge in [0, 0.05) is 0 Å².